The third kappa shape index (κ3) is 8.85. The molecule has 3 aromatic rings. The lowest BCUT2D eigenvalue weighted by Gasteiger charge is -2.19. The van der Waals surface area contributed by atoms with Crippen LogP contribution in [0.2, 0.25) is 0 Å². The van der Waals surface area contributed by atoms with Crippen molar-refractivity contribution in [3.8, 4) is 5.75 Å². The normalized spacial score (nSPS) is 13.5. The highest BCUT2D eigenvalue weighted by Gasteiger charge is 2.27. The summed E-state index contributed by atoms with van der Waals surface area (Å²) in [6, 6.07) is 10.5. The van der Waals surface area contributed by atoms with Crippen LogP contribution in [0.1, 0.15) is 70.9 Å². The Kier molecular flexibility index (Phi) is 10.3. The Balaban J connectivity index is 0.000000225. The summed E-state index contributed by atoms with van der Waals surface area (Å²) in [6.07, 6.45) is 2.84. The average Bonchev–Trinajstić information content (AvgIpc) is 3.27. The lowest BCUT2D eigenvalue weighted by atomic mass is 9.97. The van der Waals surface area contributed by atoms with E-state index < -0.39 is 29.1 Å². The summed E-state index contributed by atoms with van der Waals surface area (Å²) in [4.78, 5) is 25.0. The van der Waals surface area contributed by atoms with E-state index in [2.05, 4.69) is 26.0 Å². The minimum Gasteiger partial charge on any atom is -0.493 e. The van der Waals surface area contributed by atoms with E-state index in [1.54, 1.807) is 39.8 Å². The van der Waals surface area contributed by atoms with Crippen LogP contribution in [0.5, 0.6) is 5.75 Å². The number of aliphatic hydroxyl groups is 1. The Bertz CT molecular complexity index is 1400. The van der Waals surface area contributed by atoms with Crippen LogP contribution in [0.4, 0.5) is 14.5 Å². The summed E-state index contributed by atoms with van der Waals surface area (Å²) in [5.74, 6) is -1.89. The van der Waals surface area contributed by atoms with E-state index in [-0.39, 0.29) is 12.0 Å². The SMILES string of the molecule is CC(C)(C)O.Cc1cc2c(cc1CC(=O)O)CCN2C(=O)c1cc(F)cc(F)c1.Cc1ccc2c(c1C)CCCO2. The zero-order valence-electron chi connectivity index (χ0n) is 24.6. The molecule has 2 heterocycles. The first-order chi connectivity index (χ1) is 19.1. The molecule has 2 N–H and O–H groups in total. The molecule has 0 atom stereocenters. The van der Waals surface area contributed by atoms with Crippen LogP contribution in [0.25, 0.3) is 0 Å². The summed E-state index contributed by atoms with van der Waals surface area (Å²) < 4.78 is 32.2. The number of carbonyl (C=O) groups excluding carboxylic acids is 1. The molecule has 2 aliphatic heterocycles. The summed E-state index contributed by atoms with van der Waals surface area (Å²) in [5.41, 5.74) is 6.65. The highest BCUT2D eigenvalue weighted by atomic mass is 19.1. The quantitative estimate of drug-likeness (QED) is 0.377. The van der Waals surface area contributed by atoms with Gasteiger partial charge in [-0.05, 0) is 118 Å². The van der Waals surface area contributed by atoms with Gasteiger partial charge in [0.15, 0.2) is 0 Å². The number of nitrogens with zero attached hydrogens (tertiary/aromatic N) is 1. The number of halogens is 2. The monoisotopic (exact) mass is 567 g/mol. The van der Waals surface area contributed by atoms with Crippen LogP contribution < -0.4 is 9.64 Å². The number of aliphatic carboxylic acids is 1. The van der Waals surface area contributed by atoms with E-state index in [1.807, 2.05) is 0 Å². The molecular formula is C33H39F2NO5. The molecule has 0 aliphatic carbocycles. The molecule has 0 bridgehead atoms. The largest absolute Gasteiger partial charge is 0.493 e. The van der Waals surface area contributed by atoms with E-state index in [0.29, 0.717) is 24.2 Å². The van der Waals surface area contributed by atoms with Crippen LogP contribution in [-0.2, 0) is 24.1 Å². The molecule has 0 aromatic heterocycles. The van der Waals surface area contributed by atoms with Crippen LogP contribution in [0.15, 0.2) is 42.5 Å². The van der Waals surface area contributed by atoms with E-state index in [0.717, 1.165) is 48.1 Å². The molecule has 3 aromatic carbocycles. The second kappa shape index (κ2) is 13.3. The fourth-order valence-corrected chi connectivity index (χ4v) is 4.72. The highest BCUT2D eigenvalue weighted by molar-refractivity contribution is 6.07. The van der Waals surface area contributed by atoms with Gasteiger partial charge in [0.1, 0.15) is 17.4 Å². The van der Waals surface area contributed by atoms with E-state index >= 15 is 0 Å². The number of carbonyl (C=O) groups is 2. The number of hydrogen-bond acceptors (Lipinski definition) is 4. The molecule has 8 heteroatoms. The van der Waals surface area contributed by atoms with Crippen molar-refractivity contribution in [2.45, 2.75) is 72.8 Å². The maximum atomic E-state index is 13.3. The predicted molar refractivity (Wildman–Crippen MR) is 156 cm³/mol. The number of rotatable bonds is 3. The van der Waals surface area contributed by atoms with E-state index in [9.17, 15) is 18.4 Å². The fraction of sp³-hybridized carbons (Fsp3) is 0.394. The topological polar surface area (TPSA) is 87.1 Å². The summed E-state index contributed by atoms with van der Waals surface area (Å²) in [6.45, 7) is 12.6. The van der Waals surface area contributed by atoms with Crippen molar-refractivity contribution in [2.75, 3.05) is 18.1 Å². The number of benzene rings is 3. The second-order valence-electron chi connectivity index (χ2n) is 11.4. The lowest BCUT2D eigenvalue weighted by Crippen LogP contribution is -2.29. The first-order valence-corrected chi connectivity index (χ1v) is 13.7. The summed E-state index contributed by atoms with van der Waals surface area (Å²) in [7, 11) is 0. The van der Waals surface area contributed by atoms with Crippen LogP contribution >= 0.6 is 0 Å². The molecular weight excluding hydrogens is 528 g/mol. The smallest absolute Gasteiger partial charge is 0.307 e. The number of ether oxygens (including phenoxy) is 1. The molecule has 0 unspecified atom stereocenters. The van der Waals surface area contributed by atoms with Crippen molar-refractivity contribution >= 4 is 17.6 Å². The maximum absolute atomic E-state index is 13.3. The van der Waals surface area contributed by atoms with Gasteiger partial charge in [0.05, 0.1) is 18.6 Å². The Hall–Kier alpha value is -3.78. The molecule has 2 aliphatic rings. The Morgan fingerprint density at radius 2 is 1.59 bits per heavy atom. The fourth-order valence-electron chi connectivity index (χ4n) is 4.72. The molecule has 6 nitrogen and oxygen atoms in total. The van der Waals surface area contributed by atoms with Gasteiger partial charge in [-0.3, -0.25) is 9.59 Å². The number of fused-ring (bicyclic) bond motifs is 2. The molecule has 0 fully saturated rings. The van der Waals surface area contributed by atoms with Crippen LogP contribution in [-0.4, -0.2) is 40.8 Å². The Morgan fingerprint density at radius 1 is 0.951 bits per heavy atom. The zero-order valence-corrected chi connectivity index (χ0v) is 24.6. The average molecular weight is 568 g/mol. The Labute approximate surface area is 240 Å². The van der Waals surface area contributed by atoms with Gasteiger partial charge in [-0.25, -0.2) is 8.78 Å². The second-order valence-corrected chi connectivity index (χ2v) is 11.4. The van der Waals surface area contributed by atoms with Crippen molar-refractivity contribution in [3.63, 3.8) is 0 Å². The summed E-state index contributed by atoms with van der Waals surface area (Å²) >= 11 is 0. The van der Waals surface area contributed by atoms with Gasteiger partial charge in [0.2, 0.25) is 0 Å². The van der Waals surface area contributed by atoms with Gasteiger partial charge in [0.25, 0.3) is 5.91 Å². The number of hydrogen-bond donors (Lipinski definition) is 2. The molecule has 0 saturated carbocycles. The van der Waals surface area contributed by atoms with Crippen LogP contribution in [0, 0.1) is 32.4 Å². The molecule has 5 rings (SSSR count). The van der Waals surface area contributed by atoms with Gasteiger partial charge in [-0.2, -0.15) is 0 Å². The van der Waals surface area contributed by atoms with Crippen LogP contribution in [0.3, 0.4) is 0 Å². The number of anilines is 1. The third-order valence-electron chi connectivity index (χ3n) is 6.78. The minimum absolute atomic E-state index is 0.0485. The van der Waals surface area contributed by atoms with Crippen molar-refractivity contribution in [2.24, 2.45) is 0 Å². The van der Waals surface area contributed by atoms with Crippen molar-refractivity contribution in [1.29, 1.82) is 0 Å². The molecule has 41 heavy (non-hydrogen) atoms. The van der Waals surface area contributed by atoms with Gasteiger partial charge in [-0.1, -0.05) is 12.1 Å². The first-order valence-electron chi connectivity index (χ1n) is 13.7. The Morgan fingerprint density at radius 3 is 2.20 bits per heavy atom. The number of amides is 1. The zero-order chi connectivity index (χ0) is 30.5. The molecule has 1 amide bonds. The maximum Gasteiger partial charge on any atom is 0.307 e. The van der Waals surface area contributed by atoms with Crippen molar-refractivity contribution in [3.05, 3.63) is 93.0 Å². The minimum atomic E-state index is -0.917. The van der Waals surface area contributed by atoms with E-state index in [4.69, 9.17) is 14.9 Å². The third-order valence-corrected chi connectivity index (χ3v) is 6.78. The van der Waals surface area contributed by atoms with E-state index in [1.165, 1.54) is 28.0 Å². The van der Waals surface area contributed by atoms with Crippen molar-refractivity contribution < 1.29 is 33.3 Å². The van der Waals surface area contributed by atoms with Crippen molar-refractivity contribution in [1.82, 2.24) is 0 Å². The number of carboxylic acid groups (broad SMARTS) is 1. The highest BCUT2D eigenvalue weighted by Crippen LogP contribution is 2.33. The molecule has 0 radical (unpaired) electrons. The molecule has 0 spiro atoms. The number of carboxylic acids is 1. The number of aryl methyl sites for hydroxylation is 2. The van der Waals surface area contributed by atoms with Gasteiger partial charge >= 0.3 is 5.97 Å². The van der Waals surface area contributed by atoms with Gasteiger partial charge in [0, 0.05) is 23.9 Å². The lowest BCUT2D eigenvalue weighted by molar-refractivity contribution is -0.136. The molecule has 220 valence electrons. The first kappa shape index (κ1) is 31.7. The van der Waals surface area contributed by atoms with Gasteiger partial charge in [-0.15, -0.1) is 0 Å². The standard InChI is InChI=1S/C18H15F2NO3.C11H14O.C4H10O/c1-10-4-16-11(5-12(10)8-17(22)23)2-3-21(16)18(24)13-6-14(19)9-15(20)7-13;1-8-5-6-11-10(9(8)2)4-3-7-12-11;1-4(2,3)5/h4-7,9H,2-3,8H2,1H3,(H,22,23);5-6H,3-4,7H2,1-2H3;5H,1-3H3. The summed E-state index contributed by atoms with van der Waals surface area (Å²) in [5, 5.41) is 17.5. The predicted octanol–water partition coefficient (Wildman–Crippen LogP) is 6.51. The molecule has 0 saturated heterocycles. The van der Waals surface area contributed by atoms with Gasteiger partial charge < -0.3 is 19.8 Å².